The van der Waals surface area contributed by atoms with E-state index in [0.717, 1.165) is 13.1 Å². The largest absolute Gasteiger partial charge is 0.312 e. The Morgan fingerprint density at radius 2 is 2.20 bits per heavy atom. The van der Waals surface area contributed by atoms with Crippen LogP contribution in [0.15, 0.2) is 0 Å². The highest BCUT2D eigenvalue weighted by molar-refractivity contribution is 7.12. The SMILES string of the molecule is CCCNCc1sc(C2(C)CC2)nc1C. The highest BCUT2D eigenvalue weighted by atomic mass is 32.1. The van der Waals surface area contributed by atoms with E-state index in [9.17, 15) is 0 Å². The third kappa shape index (κ3) is 2.40. The molecule has 0 amide bonds. The van der Waals surface area contributed by atoms with Crippen LogP contribution < -0.4 is 5.32 Å². The average Bonchev–Trinajstić information content (AvgIpc) is 2.84. The quantitative estimate of drug-likeness (QED) is 0.778. The lowest BCUT2D eigenvalue weighted by molar-refractivity contribution is 0.678. The fourth-order valence-corrected chi connectivity index (χ4v) is 2.86. The number of hydrogen-bond donors (Lipinski definition) is 1. The Morgan fingerprint density at radius 3 is 2.80 bits per heavy atom. The molecule has 1 fully saturated rings. The molecule has 0 atom stereocenters. The molecule has 0 aliphatic heterocycles. The van der Waals surface area contributed by atoms with E-state index in [2.05, 4.69) is 26.1 Å². The Kier molecular flexibility index (Phi) is 3.12. The molecule has 1 aromatic heterocycles. The number of thiazole rings is 1. The minimum Gasteiger partial charge on any atom is -0.312 e. The predicted molar refractivity (Wildman–Crippen MR) is 65.4 cm³/mol. The van der Waals surface area contributed by atoms with Gasteiger partial charge in [-0.2, -0.15) is 0 Å². The van der Waals surface area contributed by atoms with Crippen LogP contribution in [0, 0.1) is 6.92 Å². The second-order valence-electron chi connectivity index (χ2n) is 4.77. The number of rotatable bonds is 5. The molecule has 1 heterocycles. The predicted octanol–water partition coefficient (Wildman–Crippen LogP) is 3.00. The van der Waals surface area contributed by atoms with Crippen LogP contribution in [0.1, 0.15) is 48.7 Å². The maximum atomic E-state index is 4.70. The normalized spacial score (nSPS) is 18.1. The molecule has 0 saturated heterocycles. The molecule has 1 aromatic rings. The fraction of sp³-hybridized carbons (Fsp3) is 0.750. The summed E-state index contributed by atoms with van der Waals surface area (Å²) in [6, 6.07) is 0. The van der Waals surface area contributed by atoms with Crippen LogP contribution in [-0.2, 0) is 12.0 Å². The molecule has 2 nitrogen and oxygen atoms in total. The highest BCUT2D eigenvalue weighted by Crippen LogP contribution is 2.49. The van der Waals surface area contributed by atoms with Crippen molar-refractivity contribution in [3.8, 4) is 0 Å². The molecule has 15 heavy (non-hydrogen) atoms. The number of aryl methyl sites for hydroxylation is 1. The second kappa shape index (κ2) is 4.22. The van der Waals surface area contributed by atoms with Crippen LogP contribution in [0.5, 0.6) is 0 Å². The van der Waals surface area contributed by atoms with E-state index < -0.39 is 0 Å². The Hall–Kier alpha value is -0.410. The lowest BCUT2D eigenvalue weighted by Gasteiger charge is -2.01. The molecule has 0 aromatic carbocycles. The number of nitrogens with zero attached hydrogens (tertiary/aromatic N) is 1. The summed E-state index contributed by atoms with van der Waals surface area (Å²) < 4.78 is 0. The molecule has 1 aliphatic rings. The van der Waals surface area contributed by atoms with Gasteiger partial charge in [-0.05, 0) is 32.7 Å². The zero-order valence-electron chi connectivity index (χ0n) is 9.89. The van der Waals surface area contributed by atoms with Crippen molar-refractivity contribution in [1.29, 1.82) is 0 Å². The van der Waals surface area contributed by atoms with Crippen molar-refractivity contribution < 1.29 is 0 Å². The second-order valence-corrected chi connectivity index (χ2v) is 5.85. The summed E-state index contributed by atoms with van der Waals surface area (Å²) in [5.74, 6) is 0. The zero-order chi connectivity index (χ0) is 10.9. The molecule has 84 valence electrons. The third-order valence-corrected chi connectivity index (χ3v) is 4.58. The first-order valence-corrected chi connectivity index (χ1v) is 6.65. The molecule has 1 saturated carbocycles. The fourth-order valence-electron chi connectivity index (χ4n) is 1.63. The van der Waals surface area contributed by atoms with Crippen molar-refractivity contribution in [3.63, 3.8) is 0 Å². The van der Waals surface area contributed by atoms with Gasteiger partial charge in [0.15, 0.2) is 0 Å². The summed E-state index contributed by atoms with van der Waals surface area (Å²) in [4.78, 5) is 6.12. The maximum absolute atomic E-state index is 4.70. The van der Waals surface area contributed by atoms with Crippen molar-refractivity contribution in [1.82, 2.24) is 10.3 Å². The van der Waals surface area contributed by atoms with Gasteiger partial charge in [-0.1, -0.05) is 13.8 Å². The van der Waals surface area contributed by atoms with Gasteiger partial charge in [0.25, 0.3) is 0 Å². The van der Waals surface area contributed by atoms with Gasteiger partial charge < -0.3 is 5.32 Å². The first kappa shape index (κ1) is 11.1. The topological polar surface area (TPSA) is 24.9 Å². The van der Waals surface area contributed by atoms with Gasteiger partial charge in [-0.25, -0.2) is 4.98 Å². The minimum atomic E-state index is 0.429. The summed E-state index contributed by atoms with van der Waals surface area (Å²) in [5.41, 5.74) is 1.66. The van der Waals surface area contributed by atoms with Crippen molar-refractivity contribution in [2.45, 2.75) is 52.0 Å². The van der Waals surface area contributed by atoms with E-state index in [-0.39, 0.29) is 0 Å². The van der Waals surface area contributed by atoms with Gasteiger partial charge in [-0.15, -0.1) is 11.3 Å². The first-order chi connectivity index (χ1) is 7.15. The van der Waals surface area contributed by atoms with E-state index in [1.807, 2.05) is 11.3 Å². The molecular weight excluding hydrogens is 204 g/mol. The molecule has 1 aliphatic carbocycles. The first-order valence-electron chi connectivity index (χ1n) is 5.83. The van der Waals surface area contributed by atoms with Gasteiger partial charge in [0.05, 0.1) is 10.7 Å². The molecular formula is C12H20N2S. The standard InChI is InChI=1S/C12H20N2S/c1-4-7-13-8-10-9(2)14-11(15-10)12(3)5-6-12/h13H,4-8H2,1-3H3. The van der Waals surface area contributed by atoms with E-state index in [1.165, 1.54) is 34.8 Å². The average molecular weight is 224 g/mol. The lowest BCUT2D eigenvalue weighted by Crippen LogP contribution is -2.13. The molecule has 0 spiro atoms. The Bertz CT molecular complexity index is 339. The molecule has 0 radical (unpaired) electrons. The van der Waals surface area contributed by atoms with E-state index in [1.54, 1.807) is 0 Å². The minimum absolute atomic E-state index is 0.429. The third-order valence-electron chi connectivity index (χ3n) is 3.12. The van der Waals surface area contributed by atoms with Crippen LogP contribution in [0.2, 0.25) is 0 Å². The Morgan fingerprint density at radius 1 is 1.47 bits per heavy atom. The molecule has 1 N–H and O–H groups in total. The summed E-state index contributed by atoms with van der Waals surface area (Å²) in [5, 5.41) is 4.80. The Labute approximate surface area is 96.1 Å². The van der Waals surface area contributed by atoms with Crippen molar-refractivity contribution in [2.75, 3.05) is 6.54 Å². The van der Waals surface area contributed by atoms with E-state index >= 15 is 0 Å². The summed E-state index contributed by atoms with van der Waals surface area (Å²) >= 11 is 1.91. The highest BCUT2D eigenvalue weighted by Gasteiger charge is 2.42. The van der Waals surface area contributed by atoms with Crippen LogP contribution in [-0.4, -0.2) is 11.5 Å². The van der Waals surface area contributed by atoms with Crippen molar-refractivity contribution in [2.24, 2.45) is 0 Å². The van der Waals surface area contributed by atoms with Gasteiger partial charge >= 0.3 is 0 Å². The molecule has 2 rings (SSSR count). The van der Waals surface area contributed by atoms with Crippen LogP contribution in [0.4, 0.5) is 0 Å². The van der Waals surface area contributed by atoms with Crippen molar-refractivity contribution >= 4 is 11.3 Å². The number of nitrogens with one attached hydrogen (secondary N) is 1. The molecule has 0 bridgehead atoms. The van der Waals surface area contributed by atoms with Gasteiger partial charge in [0.2, 0.25) is 0 Å². The van der Waals surface area contributed by atoms with Gasteiger partial charge in [0, 0.05) is 16.8 Å². The van der Waals surface area contributed by atoms with Crippen LogP contribution in [0.25, 0.3) is 0 Å². The van der Waals surface area contributed by atoms with Crippen LogP contribution >= 0.6 is 11.3 Å². The lowest BCUT2D eigenvalue weighted by atomic mass is 10.2. The Balaban J connectivity index is 2.02. The summed E-state index contributed by atoms with van der Waals surface area (Å²) in [7, 11) is 0. The summed E-state index contributed by atoms with van der Waals surface area (Å²) in [6.07, 6.45) is 3.84. The van der Waals surface area contributed by atoms with Crippen molar-refractivity contribution in [3.05, 3.63) is 15.6 Å². The van der Waals surface area contributed by atoms with Gasteiger partial charge in [0.1, 0.15) is 0 Å². The van der Waals surface area contributed by atoms with Gasteiger partial charge in [-0.3, -0.25) is 0 Å². The molecule has 3 heteroatoms. The monoisotopic (exact) mass is 224 g/mol. The van der Waals surface area contributed by atoms with Crippen LogP contribution in [0.3, 0.4) is 0 Å². The van der Waals surface area contributed by atoms with E-state index in [4.69, 9.17) is 4.98 Å². The number of hydrogen-bond acceptors (Lipinski definition) is 3. The summed E-state index contributed by atoms with van der Waals surface area (Å²) in [6.45, 7) is 8.75. The maximum Gasteiger partial charge on any atom is 0.0990 e. The number of aromatic nitrogens is 1. The smallest absolute Gasteiger partial charge is 0.0990 e. The van der Waals surface area contributed by atoms with E-state index in [0.29, 0.717) is 5.41 Å². The zero-order valence-corrected chi connectivity index (χ0v) is 10.7. The molecule has 0 unspecified atom stereocenters.